The molecule has 0 aliphatic heterocycles. The molecule has 0 bridgehead atoms. The van der Waals surface area contributed by atoms with Crippen LogP contribution >= 0.6 is 0 Å². The first kappa shape index (κ1) is 25.3. The second-order valence-corrected chi connectivity index (χ2v) is 9.51. The van der Waals surface area contributed by atoms with E-state index in [9.17, 15) is 33.0 Å². The lowest BCUT2D eigenvalue weighted by molar-refractivity contribution is -0.139. The number of aromatic nitrogens is 2. The van der Waals surface area contributed by atoms with Crippen molar-refractivity contribution in [2.45, 2.75) is 38.5 Å². The van der Waals surface area contributed by atoms with E-state index in [1.165, 1.54) is 6.07 Å². The molecule has 0 radical (unpaired) electrons. The van der Waals surface area contributed by atoms with Gasteiger partial charge in [-0.3, -0.25) is 9.78 Å². The molecule has 10 heteroatoms. The zero-order valence-corrected chi connectivity index (χ0v) is 20.4. The number of alkyl halides is 3. The molecule has 1 aliphatic carbocycles. The highest BCUT2D eigenvalue weighted by Crippen LogP contribution is 2.52. The summed E-state index contributed by atoms with van der Waals surface area (Å²) in [6, 6.07) is 14.1. The Kier molecular flexibility index (Phi) is 6.13. The second kappa shape index (κ2) is 9.20. The van der Waals surface area contributed by atoms with Crippen LogP contribution < -0.4 is 4.74 Å². The third-order valence-electron chi connectivity index (χ3n) is 6.54. The van der Waals surface area contributed by atoms with Crippen LogP contribution in [0.15, 0.2) is 60.8 Å². The fourth-order valence-corrected chi connectivity index (χ4v) is 4.79. The molecule has 0 amide bonds. The average Bonchev–Trinajstić information content (AvgIpc) is 3.58. The van der Waals surface area contributed by atoms with Crippen molar-refractivity contribution in [3.8, 4) is 22.7 Å². The molecule has 2 aromatic heterocycles. The lowest BCUT2D eigenvalue weighted by Crippen LogP contribution is -2.10. The van der Waals surface area contributed by atoms with Crippen molar-refractivity contribution in [1.82, 2.24) is 9.55 Å². The summed E-state index contributed by atoms with van der Waals surface area (Å²) in [4.78, 5) is 28.2. The topological polar surface area (TPSA) is 102 Å². The average molecular weight is 524 g/mol. The van der Waals surface area contributed by atoms with Gasteiger partial charge < -0.3 is 19.5 Å². The number of carboxylic acids is 2. The number of benzene rings is 2. The molecule has 0 saturated heterocycles. The van der Waals surface area contributed by atoms with Gasteiger partial charge in [0.15, 0.2) is 0 Å². The molecule has 7 nitrogen and oxygen atoms in total. The Labute approximate surface area is 215 Å². The summed E-state index contributed by atoms with van der Waals surface area (Å²) in [6.07, 6.45) is -3.53. The first-order chi connectivity index (χ1) is 18.0. The SMILES string of the molecule is CC(C)Oc1ccc(-n2c(C(=O)O)c([C@@H]3C[C@H]3C(=O)O)c3cc(-c4ccc(C(F)(F)F)cn4)ccc32)cc1. The van der Waals surface area contributed by atoms with Crippen molar-refractivity contribution in [2.75, 3.05) is 0 Å². The number of aromatic carboxylic acids is 1. The highest BCUT2D eigenvalue weighted by molar-refractivity contribution is 6.02. The van der Waals surface area contributed by atoms with E-state index in [0.717, 1.165) is 12.3 Å². The minimum Gasteiger partial charge on any atom is -0.491 e. The first-order valence-corrected chi connectivity index (χ1v) is 11.9. The highest BCUT2D eigenvalue weighted by Gasteiger charge is 2.48. The van der Waals surface area contributed by atoms with Crippen molar-refractivity contribution >= 4 is 22.8 Å². The smallest absolute Gasteiger partial charge is 0.417 e. The fourth-order valence-electron chi connectivity index (χ4n) is 4.79. The summed E-state index contributed by atoms with van der Waals surface area (Å²) in [7, 11) is 0. The van der Waals surface area contributed by atoms with E-state index in [4.69, 9.17) is 4.74 Å². The maximum atomic E-state index is 13.0. The van der Waals surface area contributed by atoms with Crippen molar-refractivity contribution in [1.29, 1.82) is 0 Å². The molecular formula is C28H23F3N2O5. The summed E-state index contributed by atoms with van der Waals surface area (Å²) in [6.45, 7) is 3.78. The third-order valence-corrected chi connectivity index (χ3v) is 6.54. The number of hydrogen-bond donors (Lipinski definition) is 2. The number of hydrogen-bond acceptors (Lipinski definition) is 4. The van der Waals surface area contributed by atoms with Gasteiger partial charge in [-0.25, -0.2) is 4.79 Å². The molecular weight excluding hydrogens is 501 g/mol. The number of ether oxygens (including phenoxy) is 1. The molecule has 2 atom stereocenters. The number of pyridine rings is 1. The van der Waals surface area contributed by atoms with E-state index in [1.807, 2.05) is 13.8 Å². The summed E-state index contributed by atoms with van der Waals surface area (Å²) < 4.78 is 46.2. The quantitative estimate of drug-likeness (QED) is 0.291. The Morgan fingerprint density at radius 1 is 1.05 bits per heavy atom. The van der Waals surface area contributed by atoms with Gasteiger partial charge in [-0.1, -0.05) is 6.07 Å². The summed E-state index contributed by atoms with van der Waals surface area (Å²) in [5, 5.41) is 20.3. The molecule has 1 saturated carbocycles. The molecule has 2 aromatic carbocycles. The Hall–Kier alpha value is -4.34. The van der Waals surface area contributed by atoms with Crippen LogP contribution in [-0.4, -0.2) is 37.8 Å². The predicted molar refractivity (Wildman–Crippen MR) is 133 cm³/mol. The lowest BCUT2D eigenvalue weighted by atomic mass is 10.0. The maximum absolute atomic E-state index is 13.0. The number of nitrogens with zero attached hydrogens (tertiary/aromatic N) is 2. The first-order valence-electron chi connectivity index (χ1n) is 11.9. The van der Waals surface area contributed by atoms with Crippen LogP contribution in [0, 0.1) is 5.92 Å². The van der Waals surface area contributed by atoms with E-state index < -0.39 is 35.5 Å². The summed E-state index contributed by atoms with van der Waals surface area (Å²) >= 11 is 0. The number of carboxylic acid groups (broad SMARTS) is 2. The number of carbonyl (C=O) groups is 2. The Bertz CT molecular complexity index is 1540. The zero-order chi connectivity index (χ0) is 27.4. The van der Waals surface area contributed by atoms with E-state index in [-0.39, 0.29) is 17.5 Å². The van der Waals surface area contributed by atoms with Crippen LogP contribution in [0.25, 0.3) is 27.8 Å². The largest absolute Gasteiger partial charge is 0.491 e. The molecule has 196 valence electrons. The Balaban J connectivity index is 1.69. The van der Waals surface area contributed by atoms with Crippen LogP contribution in [0.1, 0.15) is 47.8 Å². The molecule has 4 aromatic rings. The van der Waals surface area contributed by atoms with Crippen molar-refractivity contribution < 1.29 is 37.7 Å². The Morgan fingerprint density at radius 3 is 2.29 bits per heavy atom. The van der Waals surface area contributed by atoms with Gasteiger partial charge in [0.1, 0.15) is 11.4 Å². The van der Waals surface area contributed by atoms with E-state index in [0.29, 0.717) is 39.9 Å². The Morgan fingerprint density at radius 2 is 1.76 bits per heavy atom. The zero-order valence-electron chi connectivity index (χ0n) is 20.4. The van der Waals surface area contributed by atoms with Gasteiger partial charge in [0.25, 0.3) is 0 Å². The van der Waals surface area contributed by atoms with Gasteiger partial charge in [0.05, 0.1) is 28.8 Å². The normalized spacial score (nSPS) is 17.1. The van der Waals surface area contributed by atoms with Crippen molar-refractivity contribution in [2.24, 2.45) is 5.92 Å². The van der Waals surface area contributed by atoms with Crippen LogP contribution in [0.2, 0.25) is 0 Å². The third kappa shape index (κ3) is 4.57. The second-order valence-electron chi connectivity index (χ2n) is 9.51. The van der Waals surface area contributed by atoms with Crippen LogP contribution in [-0.2, 0) is 11.0 Å². The monoisotopic (exact) mass is 524 g/mol. The maximum Gasteiger partial charge on any atom is 0.417 e. The fraction of sp³-hybridized carbons (Fsp3) is 0.250. The van der Waals surface area contributed by atoms with E-state index >= 15 is 0 Å². The van der Waals surface area contributed by atoms with Gasteiger partial charge in [-0.05, 0) is 74.4 Å². The molecule has 0 spiro atoms. The standard InChI is InChI=1S/C28H23F3N2O5/c1-14(2)38-18-7-5-17(6-8-18)33-23-10-3-15(22-9-4-16(13-32-22)28(29,30)31)11-21(23)24(25(33)27(36)37)19-12-20(19)26(34)35/h3-11,13-14,19-20H,12H2,1-2H3,(H,34,35)(H,36,37)/t19-,20-/m1/s1. The summed E-state index contributed by atoms with van der Waals surface area (Å²) in [5.74, 6) is -2.85. The number of aliphatic carboxylic acids is 1. The molecule has 2 heterocycles. The highest BCUT2D eigenvalue weighted by atomic mass is 19.4. The van der Waals surface area contributed by atoms with Crippen LogP contribution in [0.3, 0.4) is 0 Å². The van der Waals surface area contributed by atoms with Crippen LogP contribution in [0.4, 0.5) is 13.2 Å². The molecule has 38 heavy (non-hydrogen) atoms. The molecule has 1 fully saturated rings. The minimum absolute atomic E-state index is 0.0468. The molecule has 2 N–H and O–H groups in total. The number of fused-ring (bicyclic) bond motifs is 1. The number of rotatable bonds is 7. The van der Waals surface area contributed by atoms with E-state index in [1.54, 1.807) is 47.0 Å². The van der Waals surface area contributed by atoms with Crippen LogP contribution in [0.5, 0.6) is 5.75 Å². The van der Waals surface area contributed by atoms with E-state index in [2.05, 4.69) is 4.98 Å². The summed E-state index contributed by atoms with van der Waals surface area (Å²) in [5.41, 5.74) is 1.28. The molecule has 1 aliphatic rings. The minimum atomic E-state index is -4.52. The predicted octanol–water partition coefficient (Wildman–Crippen LogP) is 6.38. The lowest BCUT2D eigenvalue weighted by Gasteiger charge is -2.13. The molecule has 0 unspecified atom stereocenters. The van der Waals surface area contributed by atoms with Crippen molar-refractivity contribution in [3.05, 3.63) is 77.6 Å². The molecule has 5 rings (SSSR count). The van der Waals surface area contributed by atoms with Gasteiger partial charge in [-0.15, -0.1) is 0 Å². The van der Waals surface area contributed by atoms with Gasteiger partial charge in [-0.2, -0.15) is 13.2 Å². The van der Waals surface area contributed by atoms with Gasteiger partial charge in [0.2, 0.25) is 0 Å². The van der Waals surface area contributed by atoms with Crippen molar-refractivity contribution in [3.63, 3.8) is 0 Å². The number of halogens is 3. The van der Waals surface area contributed by atoms with Gasteiger partial charge >= 0.3 is 18.1 Å². The van der Waals surface area contributed by atoms with Gasteiger partial charge in [0, 0.05) is 28.8 Å².